The quantitative estimate of drug-likeness (QED) is 0.0374. The van der Waals surface area contributed by atoms with Gasteiger partial charge in [0.15, 0.2) is 6.10 Å². The molecular weight excluding hydrogens is 801 g/mol. The van der Waals surface area contributed by atoms with Gasteiger partial charge in [0.2, 0.25) is 0 Å². The first-order valence-corrected chi connectivity index (χ1v) is 29.7. The third kappa shape index (κ3) is 55.1. The maximum Gasteiger partial charge on any atom is 0.306 e. The highest BCUT2D eigenvalue weighted by Gasteiger charge is 2.16. The Kier molecular flexibility index (Phi) is 55.8. The zero-order valence-corrected chi connectivity index (χ0v) is 44.3. The van der Waals surface area contributed by atoms with E-state index in [1.807, 2.05) is 0 Å². The molecule has 0 saturated carbocycles. The fourth-order valence-electron chi connectivity index (χ4n) is 9.32. The van der Waals surface area contributed by atoms with Crippen LogP contribution in [0.25, 0.3) is 0 Å². The molecule has 0 aromatic heterocycles. The molecule has 1 N–H and O–H groups in total. The van der Waals surface area contributed by atoms with Gasteiger partial charge in [0.1, 0.15) is 6.61 Å². The third-order valence-electron chi connectivity index (χ3n) is 13.8. The number of rotatable bonds is 56. The van der Waals surface area contributed by atoms with Crippen LogP contribution in [-0.4, -0.2) is 36.4 Å². The highest BCUT2D eigenvalue weighted by atomic mass is 16.6. The molecule has 1 unspecified atom stereocenters. The third-order valence-corrected chi connectivity index (χ3v) is 13.8. The van der Waals surface area contributed by atoms with Crippen molar-refractivity contribution in [2.45, 2.75) is 347 Å². The van der Waals surface area contributed by atoms with Crippen molar-refractivity contribution < 1.29 is 24.2 Å². The second-order valence-corrected chi connectivity index (χ2v) is 20.4. The fraction of sp³-hybridized carbons (Fsp3) is 0.933. The minimum absolute atomic E-state index is 0.0623. The van der Waals surface area contributed by atoms with Crippen LogP contribution in [0, 0.1) is 0 Å². The molecule has 0 aliphatic rings. The van der Waals surface area contributed by atoms with Crippen LogP contribution in [0.3, 0.4) is 0 Å². The van der Waals surface area contributed by atoms with Gasteiger partial charge in [-0.1, -0.05) is 302 Å². The van der Waals surface area contributed by atoms with Crippen LogP contribution >= 0.6 is 0 Å². The van der Waals surface area contributed by atoms with Crippen LogP contribution in [0.4, 0.5) is 0 Å². The van der Waals surface area contributed by atoms with Gasteiger partial charge in [-0.15, -0.1) is 0 Å². The fourth-order valence-corrected chi connectivity index (χ4v) is 9.32. The minimum Gasteiger partial charge on any atom is -0.462 e. The van der Waals surface area contributed by atoms with Crippen LogP contribution in [0.2, 0.25) is 0 Å². The van der Waals surface area contributed by atoms with E-state index in [0.717, 1.165) is 38.5 Å². The Hall–Kier alpha value is -1.36. The van der Waals surface area contributed by atoms with Crippen LogP contribution in [-0.2, 0) is 19.1 Å². The van der Waals surface area contributed by atoms with E-state index in [-0.39, 0.29) is 25.2 Å². The lowest BCUT2D eigenvalue weighted by Gasteiger charge is -2.15. The Balaban J connectivity index is 3.36. The lowest BCUT2D eigenvalue weighted by atomic mass is 10.0. The molecular formula is C60H116O5. The normalized spacial score (nSPS) is 12.1. The summed E-state index contributed by atoms with van der Waals surface area (Å²) in [5.41, 5.74) is 0. The summed E-state index contributed by atoms with van der Waals surface area (Å²) in [6.45, 7) is 4.18. The standard InChI is InChI=1S/C60H116O5/c1-3-5-7-9-11-13-15-17-19-21-22-23-24-25-26-27-28-29-30-31-32-33-34-35-36-37-38-39-41-42-44-46-48-50-52-54-59(62)64-57-58(56-61)65-60(63)55-53-51-49-47-45-43-40-20-18-16-14-12-10-8-6-4-2/h20,40,58,61H,3-19,21-39,41-57H2,1-2H3/b40-20-. The van der Waals surface area contributed by atoms with Crippen LogP contribution in [0.1, 0.15) is 341 Å². The Morgan fingerprint density at radius 2 is 0.569 bits per heavy atom. The summed E-state index contributed by atoms with van der Waals surface area (Å²) in [5, 5.41) is 9.63. The largest absolute Gasteiger partial charge is 0.462 e. The summed E-state index contributed by atoms with van der Waals surface area (Å²) in [6, 6.07) is 0. The molecule has 0 bridgehead atoms. The Labute approximate surface area is 407 Å². The summed E-state index contributed by atoms with van der Waals surface area (Å²) in [6.07, 6.45) is 70.8. The lowest BCUT2D eigenvalue weighted by Crippen LogP contribution is -2.28. The highest BCUT2D eigenvalue weighted by Crippen LogP contribution is 2.18. The molecule has 0 rings (SSSR count). The van der Waals surface area contributed by atoms with Crippen molar-refractivity contribution >= 4 is 11.9 Å². The smallest absolute Gasteiger partial charge is 0.306 e. The van der Waals surface area contributed by atoms with Crippen molar-refractivity contribution in [3.8, 4) is 0 Å². The molecule has 5 nitrogen and oxygen atoms in total. The molecule has 65 heavy (non-hydrogen) atoms. The second-order valence-electron chi connectivity index (χ2n) is 20.4. The molecule has 386 valence electrons. The van der Waals surface area contributed by atoms with E-state index < -0.39 is 6.10 Å². The van der Waals surface area contributed by atoms with Gasteiger partial charge in [0, 0.05) is 12.8 Å². The van der Waals surface area contributed by atoms with Crippen molar-refractivity contribution in [1.82, 2.24) is 0 Å². The van der Waals surface area contributed by atoms with Gasteiger partial charge in [-0.25, -0.2) is 0 Å². The van der Waals surface area contributed by atoms with Gasteiger partial charge in [0.05, 0.1) is 6.61 Å². The molecule has 5 heteroatoms. The maximum absolute atomic E-state index is 12.3. The number of aliphatic hydroxyl groups excluding tert-OH is 1. The minimum atomic E-state index is -0.771. The Morgan fingerprint density at radius 1 is 0.338 bits per heavy atom. The average molecular weight is 918 g/mol. The van der Waals surface area contributed by atoms with Crippen molar-refractivity contribution in [3.05, 3.63) is 12.2 Å². The lowest BCUT2D eigenvalue weighted by molar-refractivity contribution is -0.161. The molecule has 1 atom stereocenters. The van der Waals surface area contributed by atoms with Crippen LogP contribution in [0.15, 0.2) is 12.2 Å². The number of carbonyl (C=O) groups is 2. The number of unbranched alkanes of at least 4 members (excludes halogenated alkanes) is 46. The van der Waals surface area contributed by atoms with Gasteiger partial charge < -0.3 is 14.6 Å². The number of ether oxygens (including phenoxy) is 2. The predicted molar refractivity (Wildman–Crippen MR) is 284 cm³/mol. The molecule has 0 heterocycles. The highest BCUT2D eigenvalue weighted by molar-refractivity contribution is 5.70. The molecule has 0 spiro atoms. The summed E-state index contributed by atoms with van der Waals surface area (Å²) >= 11 is 0. The monoisotopic (exact) mass is 917 g/mol. The Bertz CT molecular complexity index is 948. The van der Waals surface area contributed by atoms with E-state index in [4.69, 9.17) is 9.47 Å². The summed E-state index contributed by atoms with van der Waals surface area (Å²) in [5.74, 6) is -0.580. The van der Waals surface area contributed by atoms with Gasteiger partial charge in [-0.3, -0.25) is 9.59 Å². The van der Waals surface area contributed by atoms with E-state index in [1.54, 1.807) is 0 Å². The van der Waals surface area contributed by atoms with Crippen molar-refractivity contribution in [1.29, 1.82) is 0 Å². The number of hydrogen-bond acceptors (Lipinski definition) is 5. The Morgan fingerprint density at radius 3 is 0.831 bits per heavy atom. The number of carbonyl (C=O) groups excluding carboxylic acids is 2. The molecule has 0 amide bonds. The maximum atomic E-state index is 12.3. The molecule has 0 radical (unpaired) electrons. The van der Waals surface area contributed by atoms with Gasteiger partial charge in [-0.05, 0) is 38.5 Å². The van der Waals surface area contributed by atoms with E-state index >= 15 is 0 Å². The van der Waals surface area contributed by atoms with E-state index in [9.17, 15) is 14.7 Å². The first-order chi connectivity index (χ1) is 32.1. The van der Waals surface area contributed by atoms with Crippen LogP contribution < -0.4 is 0 Å². The first-order valence-electron chi connectivity index (χ1n) is 29.7. The molecule has 0 aromatic rings. The van der Waals surface area contributed by atoms with Gasteiger partial charge in [-0.2, -0.15) is 0 Å². The molecule has 0 saturated heterocycles. The zero-order chi connectivity index (χ0) is 47.0. The van der Waals surface area contributed by atoms with Crippen molar-refractivity contribution in [2.24, 2.45) is 0 Å². The number of esters is 2. The molecule has 0 aromatic carbocycles. The van der Waals surface area contributed by atoms with Crippen molar-refractivity contribution in [2.75, 3.05) is 13.2 Å². The second kappa shape index (κ2) is 57.0. The average Bonchev–Trinajstić information content (AvgIpc) is 3.31. The summed E-state index contributed by atoms with van der Waals surface area (Å²) in [4.78, 5) is 24.5. The predicted octanol–water partition coefficient (Wildman–Crippen LogP) is 19.9. The number of aliphatic hydroxyl groups is 1. The topological polar surface area (TPSA) is 72.8 Å². The van der Waals surface area contributed by atoms with Gasteiger partial charge in [0.25, 0.3) is 0 Å². The molecule has 0 aliphatic heterocycles. The van der Waals surface area contributed by atoms with Crippen LogP contribution in [0.5, 0.6) is 0 Å². The van der Waals surface area contributed by atoms with Gasteiger partial charge >= 0.3 is 11.9 Å². The number of hydrogen-bond donors (Lipinski definition) is 1. The zero-order valence-electron chi connectivity index (χ0n) is 44.3. The first kappa shape index (κ1) is 63.6. The van der Waals surface area contributed by atoms with E-state index in [2.05, 4.69) is 26.0 Å². The molecule has 0 fully saturated rings. The summed E-state index contributed by atoms with van der Waals surface area (Å²) in [7, 11) is 0. The van der Waals surface area contributed by atoms with E-state index in [0.29, 0.717) is 12.8 Å². The SMILES string of the molecule is CCCCCCCCC/C=C\CCCCCCCC(=O)OC(CO)COC(=O)CCCCCCCCCCCCCCCCCCCCCCCCCCCCCCCCCCCCC. The number of allylic oxidation sites excluding steroid dienone is 2. The van der Waals surface area contributed by atoms with Crippen molar-refractivity contribution in [3.63, 3.8) is 0 Å². The summed E-state index contributed by atoms with van der Waals surface area (Å²) < 4.78 is 10.7. The van der Waals surface area contributed by atoms with E-state index in [1.165, 1.54) is 276 Å². The molecule has 0 aliphatic carbocycles.